The minimum Gasteiger partial charge on any atom is -0.507 e. The Balaban J connectivity index is 3.64. The summed E-state index contributed by atoms with van der Waals surface area (Å²) in [5, 5.41) is 10.7. The molecule has 0 saturated carbocycles. The van der Waals surface area contributed by atoms with Crippen molar-refractivity contribution in [3.05, 3.63) is 28.8 Å². The Bertz CT molecular complexity index is 510. The van der Waals surface area contributed by atoms with Gasteiger partial charge in [-0.3, -0.25) is 4.79 Å². The molecule has 0 amide bonds. The molecule has 3 heteroatoms. The van der Waals surface area contributed by atoms with Crippen molar-refractivity contribution in [3.63, 3.8) is 0 Å². The van der Waals surface area contributed by atoms with E-state index in [1.54, 1.807) is 0 Å². The number of phenols is 1. The minimum atomic E-state index is -0.298. The van der Waals surface area contributed by atoms with E-state index < -0.39 is 0 Å². The molecule has 22 heavy (non-hydrogen) atoms. The van der Waals surface area contributed by atoms with Crippen molar-refractivity contribution >= 4 is 5.97 Å². The lowest BCUT2D eigenvalue weighted by molar-refractivity contribution is -0.142. The van der Waals surface area contributed by atoms with Crippen molar-refractivity contribution in [2.24, 2.45) is 0 Å². The standard InChI is InChI=1S/C19H30O3/c1-9-13(17(21)22-8)12-10-14(18(2,3)4)16(20)15(11-12)19(5,6)7/h10-11,13,20H,9H2,1-8H3. The third kappa shape index (κ3) is 3.82. The number of hydrogen-bond acceptors (Lipinski definition) is 3. The quantitative estimate of drug-likeness (QED) is 0.827. The number of phenolic OH excluding ortho intramolecular Hbond substituents is 1. The van der Waals surface area contributed by atoms with E-state index in [4.69, 9.17) is 4.74 Å². The Hall–Kier alpha value is -1.51. The first-order chi connectivity index (χ1) is 9.93. The molecule has 1 N–H and O–H groups in total. The molecule has 1 rings (SSSR count). The maximum absolute atomic E-state index is 12.1. The second-order valence-corrected chi connectivity index (χ2v) is 7.95. The van der Waals surface area contributed by atoms with Gasteiger partial charge in [0.25, 0.3) is 0 Å². The Morgan fingerprint density at radius 1 is 1.09 bits per heavy atom. The maximum atomic E-state index is 12.1. The van der Waals surface area contributed by atoms with Crippen LogP contribution in [0.3, 0.4) is 0 Å². The number of benzene rings is 1. The average Bonchev–Trinajstić information content (AvgIpc) is 2.38. The van der Waals surface area contributed by atoms with E-state index in [-0.39, 0.29) is 22.7 Å². The number of carbonyl (C=O) groups is 1. The minimum absolute atomic E-state index is 0.200. The van der Waals surface area contributed by atoms with Crippen molar-refractivity contribution in [2.45, 2.75) is 71.6 Å². The molecule has 0 fully saturated rings. The predicted molar refractivity (Wildman–Crippen MR) is 90.6 cm³/mol. The molecule has 3 nitrogen and oxygen atoms in total. The van der Waals surface area contributed by atoms with E-state index in [1.807, 2.05) is 19.1 Å². The van der Waals surface area contributed by atoms with Crippen LogP contribution >= 0.6 is 0 Å². The highest BCUT2D eigenvalue weighted by Crippen LogP contribution is 2.41. The Morgan fingerprint density at radius 2 is 1.50 bits per heavy atom. The molecule has 1 aromatic rings. The molecule has 1 unspecified atom stereocenters. The molecule has 0 aliphatic heterocycles. The second kappa shape index (κ2) is 6.31. The van der Waals surface area contributed by atoms with Crippen molar-refractivity contribution in [1.29, 1.82) is 0 Å². The summed E-state index contributed by atoms with van der Waals surface area (Å²) in [4.78, 5) is 12.1. The summed E-state index contributed by atoms with van der Waals surface area (Å²) in [6, 6.07) is 3.91. The zero-order valence-corrected chi connectivity index (χ0v) is 15.2. The van der Waals surface area contributed by atoms with Crippen LogP contribution in [-0.4, -0.2) is 18.2 Å². The summed E-state index contributed by atoms with van der Waals surface area (Å²) in [6.45, 7) is 14.4. The fourth-order valence-electron chi connectivity index (χ4n) is 2.68. The zero-order chi connectivity index (χ0) is 17.3. The zero-order valence-electron chi connectivity index (χ0n) is 15.2. The van der Waals surface area contributed by atoms with E-state index >= 15 is 0 Å². The molecule has 0 saturated heterocycles. The summed E-state index contributed by atoms with van der Waals surface area (Å²) < 4.78 is 4.94. The molecule has 1 atom stereocenters. The largest absolute Gasteiger partial charge is 0.507 e. The molecule has 0 aliphatic rings. The van der Waals surface area contributed by atoms with Crippen molar-refractivity contribution in [3.8, 4) is 5.75 Å². The number of ether oxygens (including phenoxy) is 1. The van der Waals surface area contributed by atoms with Gasteiger partial charge in [-0.25, -0.2) is 0 Å². The first-order valence-electron chi connectivity index (χ1n) is 7.89. The van der Waals surface area contributed by atoms with Crippen LogP contribution in [0.2, 0.25) is 0 Å². The third-order valence-corrected chi connectivity index (χ3v) is 4.04. The highest BCUT2D eigenvalue weighted by atomic mass is 16.5. The number of aromatic hydroxyl groups is 1. The van der Waals surface area contributed by atoms with Gasteiger partial charge in [-0.1, -0.05) is 60.6 Å². The number of methoxy groups -OCH3 is 1. The van der Waals surface area contributed by atoms with Gasteiger partial charge in [-0.15, -0.1) is 0 Å². The lowest BCUT2D eigenvalue weighted by atomic mass is 9.77. The summed E-state index contributed by atoms with van der Waals surface area (Å²) in [6.07, 6.45) is 0.671. The summed E-state index contributed by atoms with van der Waals surface area (Å²) >= 11 is 0. The van der Waals surface area contributed by atoms with Gasteiger partial charge in [0.1, 0.15) is 5.75 Å². The second-order valence-electron chi connectivity index (χ2n) is 7.95. The number of esters is 1. The summed E-state index contributed by atoms with van der Waals surface area (Å²) in [7, 11) is 1.42. The molecule has 0 aromatic heterocycles. The highest BCUT2D eigenvalue weighted by molar-refractivity contribution is 5.78. The van der Waals surface area contributed by atoms with E-state index in [9.17, 15) is 9.90 Å². The summed E-state index contributed by atoms with van der Waals surface area (Å²) in [5.41, 5.74) is 2.26. The van der Waals surface area contributed by atoms with Gasteiger partial charge in [-0.05, 0) is 33.9 Å². The van der Waals surface area contributed by atoms with Gasteiger partial charge in [0.2, 0.25) is 0 Å². The fraction of sp³-hybridized carbons (Fsp3) is 0.632. The normalized spacial score (nSPS) is 13.8. The van der Waals surface area contributed by atoms with Crippen molar-refractivity contribution in [2.75, 3.05) is 7.11 Å². The van der Waals surface area contributed by atoms with Crippen LogP contribution in [0.1, 0.15) is 77.5 Å². The summed E-state index contributed by atoms with van der Waals surface area (Å²) in [5.74, 6) is -0.191. The van der Waals surface area contributed by atoms with E-state index in [0.717, 1.165) is 16.7 Å². The topological polar surface area (TPSA) is 46.5 Å². The van der Waals surface area contributed by atoms with E-state index in [0.29, 0.717) is 12.2 Å². The highest BCUT2D eigenvalue weighted by Gasteiger charge is 2.29. The monoisotopic (exact) mass is 306 g/mol. The van der Waals surface area contributed by atoms with Gasteiger partial charge >= 0.3 is 5.97 Å². The van der Waals surface area contributed by atoms with E-state index in [2.05, 4.69) is 41.5 Å². The molecule has 0 bridgehead atoms. The molecule has 0 spiro atoms. The molecule has 0 aliphatic carbocycles. The van der Waals surface area contributed by atoms with Gasteiger partial charge in [0, 0.05) is 0 Å². The fourth-order valence-corrected chi connectivity index (χ4v) is 2.68. The SMILES string of the molecule is CCC(C(=O)OC)c1cc(C(C)(C)C)c(O)c(C(C)(C)C)c1. The Kier molecular flexibility index (Phi) is 5.32. The van der Waals surface area contributed by atoms with E-state index in [1.165, 1.54) is 7.11 Å². The molecule has 0 heterocycles. The van der Waals surface area contributed by atoms with Crippen molar-refractivity contribution in [1.82, 2.24) is 0 Å². The van der Waals surface area contributed by atoms with Gasteiger partial charge in [0.15, 0.2) is 0 Å². The molecule has 124 valence electrons. The van der Waals surface area contributed by atoms with Crippen molar-refractivity contribution < 1.29 is 14.6 Å². The van der Waals surface area contributed by atoms with Crippen LogP contribution in [0.25, 0.3) is 0 Å². The maximum Gasteiger partial charge on any atom is 0.313 e. The lowest BCUT2D eigenvalue weighted by Crippen LogP contribution is -2.20. The van der Waals surface area contributed by atoms with Gasteiger partial charge in [-0.2, -0.15) is 0 Å². The van der Waals surface area contributed by atoms with Crippen LogP contribution in [0, 0.1) is 0 Å². The number of rotatable bonds is 3. The first kappa shape index (κ1) is 18.5. The van der Waals surface area contributed by atoms with Crippen LogP contribution in [-0.2, 0) is 20.4 Å². The Labute approximate surface area is 134 Å². The third-order valence-electron chi connectivity index (χ3n) is 4.04. The predicted octanol–water partition coefficient (Wildman–Crippen LogP) is 4.65. The first-order valence-corrected chi connectivity index (χ1v) is 7.89. The molecule has 0 radical (unpaired) electrons. The van der Waals surface area contributed by atoms with Gasteiger partial charge in [0.05, 0.1) is 13.0 Å². The molecular formula is C19H30O3. The lowest BCUT2D eigenvalue weighted by Gasteiger charge is -2.29. The van der Waals surface area contributed by atoms with Crippen LogP contribution in [0.5, 0.6) is 5.75 Å². The number of carbonyl (C=O) groups excluding carboxylic acids is 1. The van der Waals surface area contributed by atoms with Gasteiger partial charge < -0.3 is 9.84 Å². The Morgan fingerprint density at radius 3 is 1.77 bits per heavy atom. The molecule has 1 aromatic carbocycles. The molecular weight excluding hydrogens is 276 g/mol. The smallest absolute Gasteiger partial charge is 0.313 e. The van der Waals surface area contributed by atoms with Crippen LogP contribution in [0.15, 0.2) is 12.1 Å². The van der Waals surface area contributed by atoms with Crippen LogP contribution in [0.4, 0.5) is 0 Å². The van der Waals surface area contributed by atoms with Crippen LogP contribution < -0.4 is 0 Å². The average molecular weight is 306 g/mol. The number of hydrogen-bond donors (Lipinski definition) is 1.